The highest BCUT2D eigenvalue weighted by Crippen LogP contribution is 2.39. The molecule has 0 radical (unpaired) electrons. The zero-order valence-corrected chi connectivity index (χ0v) is 15.7. The maximum Gasteiger partial charge on any atom is 0.234 e. The van der Waals surface area contributed by atoms with E-state index in [1.54, 1.807) is 17.7 Å². The summed E-state index contributed by atoms with van der Waals surface area (Å²) in [6.45, 7) is 2.12. The molecule has 1 aliphatic rings. The molecule has 1 N–H and O–H groups in total. The Labute approximate surface area is 155 Å². The van der Waals surface area contributed by atoms with Gasteiger partial charge in [0.25, 0.3) is 0 Å². The maximum atomic E-state index is 12.3. The second-order valence-corrected chi connectivity index (χ2v) is 8.15. The van der Waals surface area contributed by atoms with Crippen molar-refractivity contribution in [3.63, 3.8) is 0 Å². The number of thioether (sulfide) groups is 1. The predicted octanol–water partition coefficient (Wildman–Crippen LogP) is 4.47. The van der Waals surface area contributed by atoms with E-state index in [9.17, 15) is 4.79 Å². The van der Waals surface area contributed by atoms with Gasteiger partial charge in [-0.15, -0.1) is 11.3 Å². The lowest BCUT2D eigenvalue weighted by molar-refractivity contribution is -0.113. The first-order chi connectivity index (χ1) is 12.2. The summed E-state index contributed by atoms with van der Waals surface area (Å²) in [6.07, 6.45) is 6.07. The molecule has 1 amide bonds. The molecule has 0 saturated carbocycles. The summed E-state index contributed by atoms with van der Waals surface area (Å²) < 4.78 is 0. The fraction of sp³-hybridized carbons (Fsp3) is 0.316. The number of thiophene rings is 1. The number of hydrogen-bond acceptors (Lipinski definition) is 5. The van der Waals surface area contributed by atoms with Crippen LogP contribution in [0.15, 0.2) is 35.6 Å². The topological polar surface area (TPSA) is 54.9 Å². The lowest BCUT2D eigenvalue weighted by Gasteiger charge is -2.07. The Hall–Kier alpha value is -1.92. The van der Waals surface area contributed by atoms with Crippen molar-refractivity contribution in [2.75, 3.05) is 11.1 Å². The number of aromatic nitrogens is 2. The van der Waals surface area contributed by atoms with Crippen LogP contribution in [0, 0.1) is 0 Å². The summed E-state index contributed by atoms with van der Waals surface area (Å²) in [5.41, 5.74) is 3.51. The van der Waals surface area contributed by atoms with Gasteiger partial charge in [-0.1, -0.05) is 30.8 Å². The number of hydrogen-bond donors (Lipinski definition) is 1. The molecule has 2 heterocycles. The maximum absolute atomic E-state index is 12.3. The quantitative estimate of drug-likeness (QED) is 0.532. The summed E-state index contributed by atoms with van der Waals surface area (Å²) in [5.74, 6) is 0.347. The van der Waals surface area contributed by atoms with Gasteiger partial charge in [-0.25, -0.2) is 9.97 Å². The number of amides is 1. The number of anilines is 1. The van der Waals surface area contributed by atoms with Gasteiger partial charge in [-0.05, 0) is 48.9 Å². The fourth-order valence-electron chi connectivity index (χ4n) is 3.16. The third kappa shape index (κ3) is 3.41. The third-order valence-electron chi connectivity index (χ3n) is 4.45. The largest absolute Gasteiger partial charge is 0.325 e. The van der Waals surface area contributed by atoms with Crippen LogP contribution in [0.1, 0.15) is 29.3 Å². The van der Waals surface area contributed by atoms with Gasteiger partial charge in [0, 0.05) is 16.0 Å². The minimum atomic E-state index is -0.00659. The molecule has 4 nitrogen and oxygen atoms in total. The molecule has 0 saturated heterocycles. The van der Waals surface area contributed by atoms with Crippen LogP contribution in [0.5, 0.6) is 0 Å². The van der Waals surface area contributed by atoms with Crippen LogP contribution in [-0.2, 0) is 24.1 Å². The van der Waals surface area contributed by atoms with Crippen LogP contribution >= 0.6 is 23.1 Å². The summed E-state index contributed by atoms with van der Waals surface area (Å²) in [4.78, 5) is 23.6. The van der Waals surface area contributed by atoms with Crippen molar-refractivity contribution < 1.29 is 4.79 Å². The van der Waals surface area contributed by atoms with Crippen LogP contribution in [0.2, 0.25) is 0 Å². The molecule has 0 fully saturated rings. The predicted molar refractivity (Wildman–Crippen MR) is 105 cm³/mol. The Morgan fingerprint density at radius 1 is 1.24 bits per heavy atom. The second kappa shape index (κ2) is 7.14. The monoisotopic (exact) mass is 369 g/mol. The number of carbonyl (C=O) groups excluding carboxylic acids is 1. The number of nitrogens with one attached hydrogen (secondary N) is 1. The van der Waals surface area contributed by atoms with E-state index in [-0.39, 0.29) is 5.91 Å². The smallest absolute Gasteiger partial charge is 0.234 e. The Morgan fingerprint density at radius 2 is 2.08 bits per heavy atom. The SMILES string of the molecule is CCc1ccc(NC(=O)CSc2ncnc3sc4c(c23)CCC4)cc1. The minimum absolute atomic E-state index is 0.00659. The number of aryl methyl sites for hydroxylation is 3. The van der Waals surface area contributed by atoms with E-state index in [0.717, 1.165) is 34.8 Å². The van der Waals surface area contributed by atoms with Crippen LogP contribution in [0.25, 0.3) is 10.2 Å². The highest BCUT2D eigenvalue weighted by atomic mass is 32.2. The summed E-state index contributed by atoms with van der Waals surface area (Å²) >= 11 is 3.27. The van der Waals surface area contributed by atoms with Crippen molar-refractivity contribution in [3.8, 4) is 0 Å². The molecule has 4 rings (SSSR count). The van der Waals surface area contributed by atoms with Gasteiger partial charge in [0.05, 0.1) is 5.75 Å². The first-order valence-corrected chi connectivity index (χ1v) is 10.3. The molecular weight excluding hydrogens is 350 g/mol. The highest BCUT2D eigenvalue weighted by molar-refractivity contribution is 8.00. The molecule has 1 aliphatic carbocycles. The van der Waals surface area contributed by atoms with E-state index in [1.807, 2.05) is 24.3 Å². The average molecular weight is 370 g/mol. The lowest BCUT2D eigenvalue weighted by atomic mass is 10.1. The molecule has 0 bridgehead atoms. The van der Waals surface area contributed by atoms with Crippen molar-refractivity contribution in [2.24, 2.45) is 0 Å². The van der Waals surface area contributed by atoms with Crippen molar-refractivity contribution in [3.05, 3.63) is 46.6 Å². The zero-order valence-electron chi connectivity index (χ0n) is 14.0. The van der Waals surface area contributed by atoms with Gasteiger partial charge in [0.1, 0.15) is 16.2 Å². The molecule has 128 valence electrons. The molecular formula is C19H19N3OS2. The number of fused-ring (bicyclic) bond motifs is 3. The van der Waals surface area contributed by atoms with Gasteiger partial charge in [0.15, 0.2) is 0 Å². The highest BCUT2D eigenvalue weighted by Gasteiger charge is 2.21. The van der Waals surface area contributed by atoms with Gasteiger partial charge < -0.3 is 5.32 Å². The van der Waals surface area contributed by atoms with E-state index in [4.69, 9.17) is 0 Å². The molecule has 0 aliphatic heterocycles. The van der Waals surface area contributed by atoms with Crippen LogP contribution < -0.4 is 5.32 Å². The normalized spacial score (nSPS) is 13.2. The number of nitrogens with zero attached hydrogens (tertiary/aromatic N) is 2. The van der Waals surface area contributed by atoms with Crippen molar-refractivity contribution in [2.45, 2.75) is 37.6 Å². The van der Waals surface area contributed by atoms with Crippen LogP contribution in [0.3, 0.4) is 0 Å². The molecule has 0 atom stereocenters. The first kappa shape index (κ1) is 16.5. The van der Waals surface area contributed by atoms with E-state index in [0.29, 0.717) is 5.75 Å². The van der Waals surface area contributed by atoms with E-state index < -0.39 is 0 Å². The third-order valence-corrected chi connectivity index (χ3v) is 6.64. The number of carbonyl (C=O) groups is 1. The summed E-state index contributed by atoms with van der Waals surface area (Å²) in [5, 5.41) is 5.06. The van der Waals surface area contributed by atoms with Gasteiger partial charge in [-0.2, -0.15) is 0 Å². The summed E-state index contributed by atoms with van der Waals surface area (Å²) in [6, 6.07) is 8.00. The summed E-state index contributed by atoms with van der Waals surface area (Å²) in [7, 11) is 0. The standard InChI is InChI=1S/C19H19N3OS2/c1-2-12-6-8-13(9-7-12)22-16(23)10-24-18-17-14-4-3-5-15(14)25-19(17)21-11-20-18/h6-9,11H,2-5,10H2,1H3,(H,22,23). The van der Waals surface area contributed by atoms with Crippen molar-refractivity contribution in [1.82, 2.24) is 9.97 Å². The Morgan fingerprint density at radius 3 is 2.88 bits per heavy atom. The molecule has 1 aromatic carbocycles. The first-order valence-electron chi connectivity index (χ1n) is 8.51. The van der Waals surface area contributed by atoms with Gasteiger partial charge >= 0.3 is 0 Å². The molecule has 2 aromatic heterocycles. The molecule has 3 aromatic rings. The average Bonchev–Trinajstić information content (AvgIpc) is 3.21. The Balaban J connectivity index is 1.46. The number of benzene rings is 1. The van der Waals surface area contributed by atoms with E-state index in [1.165, 1.54) is 39.6 Å². The van der Waals surface area contributed by atoms with Crippen molar-refractivity contribution >= 4 is 44.9 Å². The fourth-order valence-corrected chi connectivity index (χ4v) is 5.28. The molecule has 25 heavy (non-hydrogen) atoms. The zero-order chi connectivity index (χ0) is 17.2. The lowest BCUT2D eigenvalue weighted by Crippen LogP contribution is -2.14. The molecule has 0 unspecified atom stereocenters. The Bertz CT molecular complexity index is 918. The number of rotatable bonds is 5. The van der Waals surface area contributed by atoms with Crippen molar-refractivity contribution in [1.29, 1.82) is 0 Å². The van der Waals surface area contributed by atoms with Gasteiger partial charge in [-0.3, -0.25) is 4.79 Å². The minimum Gasteiger partial charge on any atom is -0.325 e. The second-order valence-electron chi connectivity index (χ2n) is 6.10. The van der Waals surface area contributed by atoms with Gasteiger partial charge in [0.2, 0.25) is 5.91 Å². The van der Waals surface area contributed by atoms with E-state index in [2.05, 4.69) is 22.2 Å². The molecule has 0 spiro atoms. The molecule has 6 heteroatoms. The Kier molecular flexibility index (Phi) is 4.72. The van der Waals surface area contributed by atoms with Crippen LogP contribution in [0.4, 0.5) is 5.69 Å². The van der Waals surface area contributed by atoms with E-state index >= 15 is 0 Å². The van der Waals surface area contributed by atoms with Crippen LogP contribution in [-0.4, -0.2) is 21.6 Å².